The van der Waals surface area contributed by atoms with Gasteiger partial charge in [-0.1, -0.05) is 78.9 Å². The van der Waals surface area contributed by atoms with Gasteiger partial charge in [0.1, 0.15) is 12.6 Å². The van der Waals surface area contributed by atoms with Gasteiger partial charge in [-0.15, -0.1) is 0 Å². The molecule has 5 unspecified atom stereocenters. The van der Waals surface area contributed by atoms with Gasteiger partial charge in [-0.3, -0.25) is 9.59 Å². The van der Waals surface area contributed by atoms with Crippen molar-refractivity contribution in [3.63, 3.8) is 0 Å². The molecule has 2 bridgehead atoms. The molecule has 2 N–H and O–H groups in total. The largest absolute Gasteiger partial charge is 0.481 e. The number of ether oxygens (including phenoxy) is 2. The molecule has 0 saturated carbocycles. The van der Waals surface area contributed by atoms with E-state index in [0.717, 1.165) is 34.2 Å². The van der Waals surface area contributed by atoms with Gasteiger partial charge >= 0.3 is 12.1 Å². The maximum absolute atomic E-state index is 13.9. The predicted octanol–water partition coefficient (Wildman–Crippen LogP) is 4.96. The number of nitrogens with one attached hydrogen (secondary N) is 1. The van der Waals surface area contributed by atoms with Crippen LogP contribution in [0.3, 0.4) is 0 Å². The summed E-state index contributed by atoms with van der Waals surface area (Å²) in [6.45, 7) is 2.14. The second-order valence-corrected chi connectivity index (χ2v) is 11.2. The number of carbonyl (C=O) groups is 3. The number of rotatable bonds is 9. The van der Waals surface area contributed by atoms with Crippen molar-refractivity contribution in [3.05, 3.63) is 95.6 Å². The van der Waals surface area contributed by atoms with Gasteiger partial charge in [0.05, 0.1) is 18.6 Å². The number of benzene rings is 3. The Kier molecular flexibility index (Phi) is 7.49. The molecule has 6 rings (SSSR count). The Bertz CT molecular complexity index is 1400. The average Bonchev–Trinajstić information content (AvgIpc) is 3.67. The summed E-state index contributed by atoms with van der Waals surface area (Å²) in [6.07, 6.45) is 0.456. The number of carbonyl (C=O) groups excluding carboxylic acids is 2. The molecule has 2 amide bonds. The summed E-state index contributed by atoms with van der Waals surface area (Å²) in [5, 5.41) is 12.5. The first kappa shape index (κ1) is 27.0. The van der Waals surface area contributed by atoms with E-state index in [9.17, 15) is 19.5 Å². The maximum Gasteiger partial charge on any atom is 0.407 e. The lowest BCUT2D eigenvalue weighted by atomic mass is 9.89. The van der Waals surface area contributed by atoms with E-state index >= 15 is 0 Å². The fraction of sp³-hybridized carbons (Fsp3) is 0.364. The lowest BCUT2D eigenvalue weighted by molar-refractivity contribution is -0.144. The molecule has 2 saturated heterocycles. The van der Waals surface area contributed by atoms with Crippen molar-refractivity contribution in [2.24, 2.45) is 5.92 Å². The summed E-state index contributed by atoms with van der Waals surface area (Å²) in [6, 6.07) is 24.3. The number of hydrogen-bond donors (Lipinski definition) is 2. The van der Waals surface area contributed by atoms with E-state index in [1.165, 1.54) is 0 Å². The van der Waals surface area contributed by atoms with Crippen molar-refractivity contribution in [3.8, 4) is 11.1 Å². The van der Waals surface area contributed by atoms with Crippen molar-refractivity contribution >= 4 is 18.0 Å². The van der Waals surface area contributed by atoms with Crippen LogP contribution in [-0.4, -0.2) is 58.8 Å². The van der Waals surface area contributed by atoms with Crippen LogP contribution in [0.1, 0.15) is 48.8 Å². The van der Waals surface area contributed by atoms with Gasteiger partial charge in [0.25, 0.3) is 0 Å². The molecule has 2 fully saturated rings. The minimum Gasteiger partial charge on any atom is -0.481 e. The molecule has 3 aromatic rings. The average molecular weight is 555 g/mol. The Morgan fingerprint density at radius 3 is 2.20 bits per heavy atom. The van der Waals surface area contributed by atoms with Crippen molar-refractivity contribution in [1.82, 2.24) is 10.2 Å². The third-order valence-corrected chi connectivity index (χ3v) is 8.82. The zero-order chi connectivity index (χ0) is 28.5. The van der Waals surface area contributed by atoms with Gasteiger partial charge in [-0.2, -0.15) is 0 Å². The van der Waals surface area contributed by atoms with Crippen LogP contribution < -0.4 is 5.32 Å². The van der Waals surface area contributed by atoms with Crippen LogP contribution in [0.5, 0.6) is 0 Å². The molecule has 2 aliphatic heterocycles. The molecular weight excluding hydrogens is 520 g/mol. The second-order valence-electron chi connectivity index (χ2n) is 11.2. The van der Waals surface area contributed by atoms with Crippen molar-refractivity contribution in [2.75, 3.05) is 6.61 Å². The number of aliphatic carboxylic acids is 1. The highest BCUT2D eigenvalue weighted by atomic mass is 16.5. The van der Waals surface area contributed by atoms with E-state index in [1.807, 2.05) is 54.6 Å². The minimum absolute atomic E-state index is 0.111. The van der Waals surface area contributed by atoms with E-state index in [-0.39, 0.29) is 37.1 Å². The Morgan fingerprint density at radius 2 is 1.56 bits per heavy atom. The molecule has 8 nitrogen and oxygen atoms in total. The van der Waals surface area contributed by atoms with Gasteiger partial charge in [-0.25, -0.2) is 4.79 Å². The maximum atomic E-state index is 13.9. The van der Waals surface area contributed by atoms with Crippen LogP contribution >= 0.6 is 0 Å². The first-order valence-electron chi connectivity index (χ1n) is 14.2. The van der Waals surface area contributed by atoms with Gasteiger partial charge in [0.15, 0.2) is 0 Å². The van der Waals surface area contributed by atoms with Crippen LogP contribution in [0.15, 0.2) is 78.9 Å². The number of hydrogen-bond acceptors (Lipinski definition) is 5. The summed E-state index contributed by atoms with van der Waals surface area (Å²) < 4.78 is 11.8. The third kappa shape index (κ3) is 5.20. The molecule has 0 radical (unpaired) electrons. The Hall–Kier alpha value is -4.17. The molecule has 3 aliphatic rings. The monoisotopic (exact) mass is 554 g/mol. The van der Waals surface area contributed by atoms with Crippen LogP contribution in [0, 0.1) is 5.92 Å². The molecule has 0 aromatic heterocycles. The standard InChI is InChI=1S/C33H34N2O6/c1-20(40-18-21-9-3-2-4-10-21)30(31(36)35-22-15-16-29(35)27(17-22)32(37)38)34-33(39)41-19-28-25-13-7-5-11-23(25)24-12-6-8-14-26(24)28/h2-14,20,22,27-30H,15-19H2,1H3,(H,34,39)(H,37,38). The zero-order valence-corrected chi connectivity index (χ0v) is 22.9. The number of carboxylic acids is 1. The number of nitrogens with zero attached hydrogens (tertiary/aromatic N) is 1. The molecule has 2 heterocycles. The highest BCUT2D eigenvalue weighted by molar-refractivity contribution is 5.88. The zero-order valence-electron chi connectivity index (χ0n) is 22.9. The molecular formula is C33H34N2O6. The van der Waals surface area contributed by atoms with Crippen molar-refractivity contribution < 1.29 is 29.0 Å². The smallest absolute Gasteiger partial charge is 0.407 e. The number of amides is 2. The van der Waals surface area contributed by atoms with Gasteiger partial charge in [0.2, 0.25) is 5.91 Å². The molecule has 0 spiro atoms. The molecule has 3 aromatic carbocycles. The van der Waals surface area contributed by atoms with E-state index in [1.54, 1.807) is 11.8 Å². The first-order chi connectivity index (χ1) is 19.9. The quantitative estimate of drug-likeness (QED) is 0.387. The van der Waals surface area contributed by atoms with Gasteiger partial charge in [0, 0.05) is 18.0 Å². The Morgan fingerprint density at radius 1 is 0.927 bits per heavy atom. The number of fused-ring (bicyclic) bond motifs is 5. The summed E-state index contributed by atoms with van der Waals surface area (Å²) in [7, 11) is 0. The van der Waals surface area contributed by atoms with E-state index < -0.39 is 30.1 Å². The van der Waals surface area contributed by atoms with Crippen molar-refractivity contribution in [1.29, 1.82) is 0 Å². The summed E-state index contributed by atoms with van der Waals surface area (Å²) in [5.74, 6) is -1.91. The molecule has 5 atom stereocenters. The third-order valence-electron chi connectivity index (χ3n) is 8.82. The van der Waals surface area contributed by atoms with Crippen LogP contribution in [0.4, 0.5) is 4.79 Å². The minimum atomic E-state index is -1.02. The van der Waals surface area contributed by atoms with Crippen LogP contribution in [0.25, 0.3) is 11.1 Å². The summed E-state index contributed by atoms with van der Waals surface area (Å²) in [4.78, 5) is 40.7. The first-order valence-corrected chi connectivity index (χ1v) is 14.2. The molecule has 41 heavy (non-hydrogen) atoms. The predicted molar refractivity (Wildman–Crippen MR) is 152 cm³/mol. The second kappa shape index (κ2) is 11.4. The number of alkyl carbamates (subject to hydrolysis) is 1. The highest BCUT2D eigenvalue weighted by Crippen LogP contribution is 2.45. The Balaban J connectivity index is 1.18. The Labute approximate surface area is 239 Å². The normalized spacial score (nSPS) is 22.1. The van der Waals surface area contributed by atoms with E-state index in [2.05, 4.69) is 29.6 Å². The number of carboxylic acid groups (broad SMARTS) is 1. The summed E-state index contributed by atoms with van der Waals surface area (Å²) in [5.41, 5.74) is 5.40. The fourth-order valence-electron chi connectivity index (χ4n) is 6.80. The molecule has 8 heteroatoms. The van der Waals surface area contributed by atoms with Gasteiger partial charge in [-0.05, 0) is 54.0 Å². The molecule has 212 valence electrons. The fourth-order valence-corrected chi connectivity index (χ4v) is 6.80. The summed E-state index contributed by atoms with van der Waals surface area (Å²) >= 11 is 0. The lowest BCUT2D eigenvalue weighted by Crippen LogP contribution is -2.56. The van der Waals surface area contributed by atoms with E-state index in [0.29, 0.717) is 12.8 Å². The topological polar surface area (TPSA) is 105 Å². The molecule has 1 aliphatic carbocycles. The van der Waals surface area contributed by atoms with Crippen LogP contribution in [-0.2, 0) is 25.7 Å². The van der Waals surface area contributed by atoms with Crippen LogP contribution in [0.2, 0.25) is 0 Å². The SMILES string of the molecule is CC(OCc1ccccc1)C(NC(=O)OCC1c2ccccc2-c2ccccc21)C(=O)N1C2CCC1C(C(=O)O)C2. The highest BCUT2D eigenvalue weighted by Gasteiger charge is 2.53. The lowest BCUT2D eigenvalue weighted by Gasteiger charge is -2.31. The van der Waals surface area contributed by atoms with Crippen molar-refractivity contribution in [2.45, 2.75) is 62.9 Å². The van der Waals surface area contributed by atoms with Gasteiger partial charge < -0.3 is 24.8 Å². The van der Waals surface area contributed by atoms with E-state index in [4.69, 9.17) is 9.47 Å².